The van der Waals surface area contributed by atoms with E-state index < -0.39 is 20.3 Å². The summed E-state index contributed by atoms with van der Waals surface area (Å²) in [6.45, 7) is 0.258. The predicted octanol–water partition coefficient (Wildman–Crippen LogP) is -2.64. The molecule has 0 rings (SSSR count). The fourth-order valence-electron chi connectivity index (χ4n) is 0.160. The minimum Gasteiger partial charge on any atom is -0.808 e. The zero-order valence-electron chi connectivity index (χ0n) is 6.08. The van der Waals surface area contributed by atoms with Crippen molar-refractivity contribution < 1.29 is 33.8 Å². The summed E-state index contributed by atoms with van der Waals surface area (Å²) in [5, 5.41) is 5.02. The van der Waals surface area contributed by atoms with Gasteiger partial charge in [-0.15, -0.1) is 0 Å². The van der Waals surface area contributed by atoms with Crippen LogP contribution in [-0.2, 0) is 9.13 Å². The Morgan fingerprint density at radius 3 is 1.50 bits per heavy atom. The number of hydrogen-bond donors (Lipinski definition) is 3. The Kier molecular flexibility index (Phi) is 6.19. The van der Waals surface area contributed by atoms with E-state index in [4.69, 9.17) is 14.9 Å². The molecule has 7 nitrogen and oxygen atoms in total. The van der Waals surface area contributed by atoms with E-state index in [1.54, 1.807) is 0 Å². The first-order chi connectivity index (χ1) is 4.50. The first kappa shape index (κ1) is 16.3. The molecule has 0 aromatic heterocycles. The van der Waals surface area contributed by atoms with Crippen LogP contribution in [0.1, 0.15) is 6.92 Å². The van der Waals surface area contributed by atoms with E-state index in [1.807, 2.05) is 0 Å². The van der Waals surface area contributed by atoms with Crippen LogP contribution in [0.25, 0.3) is 0 Å². The van der Waals surface area contributed by atoms with Gasteiger partial charge in [-0.25, -0.2) is 0 Å². The van der Waals surface area contributed by atoms with E-state index in [1.165, 1.54) is 0 Å². The topological polar surface area (TPSA) is 141 Å². The van der Waals surface area contributed by atoms with Crippen LogP contribution >= 0.6 is 15.2 Å². The second kappa shape index (κ2) is 4.57. The van der Waals surface area contributed by atoms with E-state index >= 15 is 0 Å². The Balaban J connectivity index is 0. The van der Waals surface area contributed by atoms with Gasteiger partial charge in [-0.2, -0.15) is 0 Å². The predicted molar refractivity (Wildman–Crippen MR) is 36.0 cm³/mol. The van der Waals surface area contributed by atoms with Gasteiger partial charge in [0.15, 0.2) is 5.08 Å². The zero-order valence-corrected chi connectivity index (χ0v) is 12.3. The number of hydrogen-bond acceptors (Lipinski definition) is 5. The van der Waals surface area contributed by atoms with Crippen molar-refractivity contribution >= 4 is 64.1 Å². The maximum Gasteiger partial charge on any atom is 2.00 e. The Bertz CT molecular complexity index is 212. The molecule has 0 fully saturated rings. The maximum atomic E-state index is 10.2. The monoisotopic (exact) mass is 342 g/mol. The molecule has 0 bridgehead atoms. The van der Waals surface area contributed by atoms with Crippen LogP contribution in [0.3, 0.4) is 0 Å². The van der Waals surface area contributed by atoms with Crippen LogP contribution in [-0.4, -0.2) is 68.9 Å². The van der Waals surface area contributed by atoms with Gasteiger partial charge in [-0.1, -0.05) is 0 Å². The van der Waals surface area contributed by atoms with E-state index in [-0.39, 0.29) is 55.8 Å². The van der Waals surface area contributed by atoms with Gasteiger partial charge in [0.1, 0.15) is 0 Å². The van der Waals surface area contributed by atoms with Crippen molar-refractivity contribution in [2.45, 2.75) is 12.0 Å². The van der Waals surface area contributed by atoms with Crippen LogP contribution in [0.15, 0.2) is 0 Å². The van der Waals surface area contributed by atoms with Gasteiger partial charge in [0, 0.05) is 0 Å². The van der Waals surface area contributed by atoms with Gasteiger partial charge in [0.05, 0.1) is 0 Å². The van der Waals surface area contributed by atoms with Gasteiger partial charge in [0.2, 0.25) is 0 Å². The largest absolute Gasteiger partial charge is 2.00 e. The summed E-state index contributed by atoms with van der Waals surface area (Å²) in [5.41, 5.74) is 0. The molecule has 0 heterocycles. The molecule has 1 unspecified atom stereocenters. The first-order valence-electron chi connectivity index (χ1n) is 2.30. The van der Waals surface area contributed by atoms with Gasteiger partial charge >= 0.3 is 56.5 Å². The standard InChI is InChI=1S/C2H8O7P2.Ba/c1-2(3,10(4,5)6)11(7,8)9;/h3H,1H3,(H2,4,5,6)(H2,7,8,9);/q;+2/p-2. The van der Waals surface area contributed by atoms with Crippen molar-refractivity contribution in [3.63, 3.8) is 0 Å². The third-order valence-corrected chi connectivity index (χ3v) is 4.73. The molecule has 0 radical (unpaired) electrons. The molecule has 3 N–H and O–H groups in total. The minimum atomic E-state index is -5.70. The van der Waals surface area contributed by atoms with Crippen molar-refractivity contribution in [1.82, 2.24) is 0 Å². The Morgan fingerprint density at radius 2 is 1.50 bits per heavy atom. The van der Waals surface area contributed by atoms with Gasteiger partial charge in [-0.3, -0.25) is 4.57 Å². The van der Waals surface area contributed by atoms with Crippen LogP contribution < -0.4 is 9.79 Å². The smallest absolute Gasteiger partial charge is 0.808 e. The number of aliphatic hydroxyl groups is 1. The summed E-state index contributed by atoms with van der Waals surface area (Å²) in [6, 6.07) is 0. The van der Waals surface area contributed by atoms with E-state index in [2.05, 4.69) is 0 Å². The summed E-state index contributed by atoms with van der Waals surface area (Å²) in [4.78, 5) is 36.4. The van der Waals surface area contributed by atoms with Crippen LogP contribution in [0, 0.1) is 0 Å². The molecule has 0 saturated carbocycles. The third kappa shape index (κ3) is 3.53. The molecular weight excluding hydrogens is 335 g/mol. The summed E-state index contributed by atoms with van der Waals surface area (Å²) >= 11 is 0. The zero-order chi connectivity index (χ0) is 9.50. The maximum absolute atomic E-state index is 10.2. The van der Waals surface area contributed by atoms with Crippen LogP contribution in [0.4, 0.5) is 0 Å². The van der Waals surface area contributed by atoms with Crippen molar-refractivity contribution in [1.29, 1.82) is 0 Å². The molecule has 0 aliphatic rings. The molecule has 0 amide bonds. The second-order valence-electron chi connectivity index (χ2n) is 2.01. The van der Waals surface area contributed by atoms with E-state index in [0.717, 1.165) is 0 Å². The summed E-state index contributed by atoms with van der Waals surface area (Å²) in [7, 11) is -11.0. The van der Waals surface area contributed by atoms with Crippen molar-refractivity contribution in [3.05, 3.63) is 0 Å². The molecule has 12 heavy (non-hydrogen) atoms. The molecular formula is C2H6BaO7P2. The summed E-state index contributed by atoms with van der Waals surface area (Å²) in [6.07, 6.45) is 0. The van der Waals surface area contributed by atoms with Crippen LogP contribution in [0.5, 0.6) is 0 Å². The van der Waals surface area contributed by atoms with Gasteiger partial charge in [-0.05, 0) is 14.5 Å². The number of rotatable bonds is 2. The van der Waals surface area contributed by atoms with E-state index in [0.29, 0.717) is 0 Å². The Labute approximate surface area is 109 Å². The molecule has 0 aromatic rings. The fraction of sp³-hybridized carbons (Fsp3) is 1.00. The molecule has 0 aliphatic heterocycles. The molecule has 1 atom stereocenters. The van der Waals surface area contributed by atoms with Crippen molar-refractivity contribution in [3.8, 4) is 0 Å². The molecule has 0 saturated heterocycles. The van der Waals surface area contributed by atoms with Crippen molar-refractivity contribution in [2.75, 3.05) is 0 Å². The van der Waals surface area contributed by atoms with Gasteiger partial charge in [0.25, 0.3) is 0 Å². The normalized spacial score (nSPS) is 17.8. The third-order valence-electron chi connectivity index (χ3n) is 1.07. The minimum absolute atomic E-state index is 0. The quantitative estimate of drug-likeness (QED) is 0.368. The average molecular weight is 341 g/mol. The summed E-state index contributed by atoms with van der Waals surface area (Å²) in [5.74, 6) is 0. The Morgan fingerprint density at radius 1 is 1.25 bits per heavy atom. The SMILES string of the molecule is CC(O)(P(=O)([O-])[O-])P(=O)(O)O.[Ba+2]. The second-order valence-corrected chi connectivity index (χ2v) is 6.19. The molecule has 10 heteroatoms. The van der Waals surface area contributed by atoms with E-state index in [9.17, 15) is 18.9 Å². The van der Waals surface area contributed by atoms with Crippen LogP contribution in [0.2, 0.25) is 0 Å². The van der Waals surface area contributed by atoms with Crippen molar-refractivity contribution in [2.24, 2.45) is 0 Å². The van der Waals surface area contributed by atoms with Gasteiger partial charge < -0.3 is 29.2 Å². The Hall–Kier alpha value is 1.83. The molecule has 0 spiro atoms. The summed E-state index contributed by atoms with van der Waals surface area (Å²) < 4.78 is 20.2. The first-order valence-corrected chi connectivity index (χ1v) is 5.46. The molecule has 0 aliphatic carbocycles. The molecule has 0 aromatic carbocycles. The fourth-order valence-corrected chi connectivity index (χ4v) is 1.44. The average Bonchev–Trinajstić information content (AvgIpc) is 1.58. The molecule has 68 valence electrons.